The first kappa shape index (κ1) is 19.2. The van der Waals surface area contributed by atoms with Crippen LogP contribution >= 0.6 is 0 Å². The Hall–Kier alpha value is -3.61. The Bertz CT molecular complexity index is 1070. The summed E-state index contributed by atoms with van der Waals surface area (Å²) in [5.41, 5.74) is 0.264. The lowest BCUT2D eigenvalue weighted by atomic mass is 10.1. The predicted molar refractivity (Wildman–Crippen MR) is 104 cm³/mol. The van der Waals surface area contributed by atoms with Crippen LogP contribution in [0.2, 0.25) is 0 Å². The smallest absolute Gasteiger partial charge is 0.349 e. The van der Waals surface area contributed by atoms with Gasteiger partial charge in [-0.3, -0.25) is 4.79 Å². The van der Waals surface area contributed by atoms with E-state index in [2.05, 4.69) is 10.1 Å². The van der Waals surface area contributed by atoms with E-state index in [-0.39, 0.29) is 5.56 Å². The van der Waals surface area contributed by atoms with Crippen molar-refractivity contribution in [2.24, 2.45) is 0 Å². The van der Waals surface area contributed by atoms with Crippen LogP contribution in [0.1, 0.15) is 34.1 Å². The van der Waals surface area contributed by atoms with Gasteiger partial charge in [0.05, 0.1) is 19.3 Å². The van der Waals surface area contributed by atoms with Crippen LogP contribution in [-0.4, -0.2) is 25.6 Å². The highest BCUT2D eigenvalue weighted by molar-refractivity contribution is 6.05. The summed E-state index contributed by atoms with van der Waals surface area (Å²) in [6.07, 6.45) is 0.863. The average molecular weight is 381 g/mol. The Morgan fingerprint density at radius 3 is 2.50 bits per heavy atom. The minimum absolute atomic E-state index is 0.119. The Balaban J connectivity index is 1.82. The van der Waals surface area contributed by atoms with Gasteiger partial charge in [-0.2, -0.15) is 0 Å². The minimum atomic E-state index is -0.746. The summed E-state index contributed by atoms with van der Waals surface area (Å²) in [6, 6.07) is 12.7. The van der Waals surface area contributed by atoms with Crippen LogP contribution in [0.15, 0.2) is 57.7 Å². The van der Waals surface area contributed by atoms with Gasteiger partial charge in [-0.1, -0.05) is 6.92 Å². The van der Waals surface area contributed by atoms with Crippen LogP contribution in [-0.2, 0) is 4.74 Å². The van der Waals surface area contributed by atoms with E-state index in [0.717, 1.165) is 6.42 Å². The summed E-state index contributed by atoms with van der Waals surface area (Å²) in [7, 11) is 1.29. The van der Waals surface area contributed by atoms with Gasteiger partial charge in [0.25, 0.3) is 5.91 Å². The van der Waals surface area contributed by atoms with Crippen molar-refractivity contribution >= 4 is 28.5 Å². The van der Waals surface area contributed by atoms with Gasteiger partial charge in [0.1, 0.15) is 16.9 Å². The second kappa shape index (κ2) is 8.39. The van der Waals surface area contributed by atoms with Crippen molar-refractivity contribution in [2.45, 2.75) is 13.3 Å². The van der Waals surface area contributed by atoms with Crippen LogP contribution in [0, 0.1) is 0 Å². The van der Waals surface area contributed by atoms with Gasteiger partial charge in [0.15, 0.2) is 0 Å². The molecular formula is C21H19NO6. The molecule has 3 aromatic rings. The zero-order valence-corrected chi connectivity index (χ0v) is 15.5. The quantitative estimate of drug-likeness (QED) is 0.518. The number of methoxy groups -OCH3 is 1. The third-order valence-electron chi connectivity index (χ3n) is 3.99. The van der Waals surface area contributed by atoms with E-state index >= 15 is 0 Å². The number of hydrogen-bond acceptors (Lipinski definition) is 6. The summed E-state index contributed by atoms with van der Waals surface area (Å²) in [5.74, 6) is -0.483. The number of rotatable bonds is 6. The third kappa shape index (κ3) is 4.20. The van der Waals surface area contributed by atoms with Gasteiger partial charge in [-0.15, -0.1) is 0 Å². The topological polar surface area (TPSA) is 94.8 Å². The first-order valence-corrected chi connectivity index (χ1v) is 8.72. The molecule has 0 fully saturated rings. The number of amides is 1. The molecule has 1 N–H and O–H groups in total. The highest BCUT2D eigenvalue weighted by Gasteiger charge is 2.15. The molecule has 3 rings (SSSR count). The SMILES string of the molecule is CCCOc1ccc2cc(C(=O)Nc3ccc(C(=O)OC)cc3)c(=O)oc2c1. The Morgan fingerprint density at radius 2 is 1.82 bits per heavy atom. The Morgan fingerprint density at radius 1 is 1.07 bits per heavy atom. The van der Waals surface area contributed by atoms with Crippen molar-refractivity contribution in [3.8, 4) is 5.75 Å². The van der Waals surface area contributed by atoms with Gasteiger partial charge in [0, 0.05) is 17.1 Å². The van der Waals surface area contributed by atoms with E-state index in [1.54, 1.807) is 30.3 Å². The molecule has 0 atom stereocenters. The van der Waals surface area contributed by atoms with E-state index in [9.17, 15) is 14.4 Å². The van der Waals surface area contributed by atoms with Gasteiger partial charge >= 0.3 is 11.6 Å². The summed E-state index contributed by atoms with van der Waals surface area (Å²) >= 11 is 0. The molecule has 7 nitrogen and oxygen atoms in total. The van der Waals surface area contributed by atoms with Crippen LogP contribution in [0.4, 0.5) is 5.69 Å². The highest BCUT2D eigenvalue weighted by atomic mass is 16.5. The average Bonchev–Trinajstić information content (AvgIpc) is 2.71. The van der Waals surface area contributed by atoms with Crippen molar-refractivity contribution in [2.75, 3.05) is 19.0 Å². The number of esters is 1. The number of nitrogens with one attached hydrogen (secondary N) is 1. The molecule has 0 aliphatic carbocycles. The maximum Gasteiger partial charge on any atom is 0.349 e. The predicted octanol–water partition coefficient (Wildman–Crippen LogP) is 3.62. The molecule has 0 radical (unpaired) electrons. The van der Waals surface area contributed by atoms with Crippen LogP contribution in [0.5, 0.6) is 5.75 Å². The second-order valence-corrected chi connectivity index (χ2v) is 6.02. The Kier molecular flexibility index (Phi) is 5.74. The Labute approximate surface area is 160 Å². The van der Waals surface area contributed by atoms with Crippen LogP contribution in [0.25, 0.3) is 11.0 Å². The summed E-state index contributed by atoms with van der Waals surface area (Å²) in [4.78, 5) is 36.2. The van der Waals surface area contributed by atoms with E-state index in [4.69, 9.17) is 9.15 Å². The fraction of sp³-hybridized carbons (Fsp3) is 0.190. The first-order chi connectivity index (χ1) is 13.5. The van der Waals surface area contributed by atoms with Crippen molar-refractivity contribution in [3.63, 3.8) is 0 Å². The fourth-order valence-electron chi connectivity index (χ4n) is 2.57. The lowest BCUT2D eigenvalue weighted by Crippen LogP contribution is -2.20. The van der Waals surface area contributed by atoms with Crippen molar-refractivity contribution in [1.29, 1.82) is 0 Å². The van der Waals surface area contributed by atoms with E-state index in [0.29, 0.717) is 34.6 Å². The normalized spacial score (nSPS) is 10.5. The molecule has 28 heavy (non-hydrogen) atoms. The molecule has 144 valence electrons. The maximum atomic E-state index is 12.5. The molecule has 1 amide bonds. The molecule has 0 saturated heterocycles. The maximum absolute atomic E-state index is 12.5. The van der Waals surface area contributed by atoms with E-state index in [1.165, 1.54) is 25.3 Å². The fourth-order valence-corrected chi connectivity index (χ4v) is 2.57. The number of benzene rings is 2. The van der Waals surface area contributed by atoms with Crippen molar-refractivity contribution < 1.29 is 23.5 Å². The van der Waals surface area contributed by atoms with Crippen LogP contribution < -0.4 is 15.7 Å². The molecule has 1 aromatic heterocycles. The second-order valence-electron chi connectivity index (χ2n) is 6.02. The molecule has 0 aliphatic rings. The number of anilines is 1. The van der Waals surface area contributed by atoms with Crippen molar-refractivity contribution in [1.82, 2.24) is 0 Å². The molecule has 0 unspecified atom stereocenters. The van der Waals surface area contributed by atoms with E-state index in [1.807, 2.05) is 6.92 Å². The molecule has 0 bridgehead atoms. The molecule has 7 heteroatoms. The molecule has 0 aliphatic heterocycles. The third-order valence-corrected chi connectivity index (χ3v) is 3.99. The van der Waals surface area contributed by atoms with Gasteiger partial charge < -0.3 is 19.2 Å². The van der Waals surface area contributed by atoms with Gasteiger partial charge in [0.2, 0.25) is 0 Å². The summed E-state index contributed by atoms with van der Waals surface area (Å²) in [5, 5.41) is 3.22. The van der Waals surface area contributed by atoms with Crippen LogP contribution in [0.3, 0.4) is 0 Å². The number of carbonyl (C=O) groups is 2. The molecule has 0 saturated carbocycles. The molecule has 2 aromatic carbocycles. The standard InChI is InChI=1S/C21H19NO6/c1-3-10-27-16-9-6-14-11-17(21(25)28-18(14)12-16)19(23)22-15-7-4-13(5-8-15)20(24)26-2/h4-9,11-12H,3,10H2,1-2H3,(H,22,23). The number of hydrogen-bond donors (Lipinski definition) is 1. The molecular weight excluding hydrogens is 362 g/mol. The summed E-state index contributed by atoms with van der Waals surface area (Å²) in [6.45, 7) is 2.56. The number of ether oxygens (including phenoxy) is 2. The number of carbonyl (C=O) groups excluding carboxylic acids is 2. The highest BCUT2D eigenvalue weighted by Crippen LogP contribution is 2.21. The van der Waals surface area contributed by atoms with Crippen molar-refractivity contribution in [3.05, 3.63) is 70.1 Å². The molecule has 0 spiro atoms. The molecule has 1 heterocycles. The van der Waals surface area contributed by atoms with Gasteiger partial charge in [-0.05, 0) is 48.9 Å². The number of fused-ring (bicyclic) bond motifs is 1. The minimum Gasteiger partial charge on any atom is -0.493 e. The lowest BCUT2D eigenvalue weighted by Gasteiger charge is -2.07. The lowest BCUT2D eigenvalue weighted by molar-refractivity contribution is 0.0600. The summed E-state index contributed by atoms with van der Waals surface area (Å²) < 4.78 is 15.4. The zero-order valence-electron chi connectivity index (χ0n) is 15.5. The van der Waals surface area contributed by atoms with Gasteiger partial charge in [-0.25, -0.2) is 9.59 Å². The zero-order chi connectivity index (χ0) is 20.1. The van der Waals surface area contributed by atoms with E-state index < -0.39 is 17.5 Å². The monoisotopic (exact) mass is 381 g/mol. The largest absolute Gasteiger partial charge is 0.493 e. The first-order valence-electron chi connectivity index (χ1n) is 8.72.